The van der Waals surface area contributed by atoms with Gasteiger partial charge < -0.3 is 24.1 Å². The molecule has 0 unspecified atom stereocenters. The molecular weight excluding hydrogens is 396 g/mol. The third-order valence-electron chi connectivity index (χ3n) is 5.35. The normalized spacial score (nSPS) is 12.8. The number of carbonyl (C=O) groups is 2. The van der Waals surface area contributed by atoms with Crippen LogP contribution in [0.5, 0.6) is 11.5 Å². The fourth-order valence-electron chi connectivity index (χ4n) is 3.60. The van der Waals surface area contributed by atoms with E-state index in [-0.39, 0.29) is 11.8 Å². The first-order valence-electron chi connectivity index (χ1n) is 9.99. The Labute approximate surface area is 180 Å². The number of hydrogen-bond acceptors (Lipinski definition) is 5. The maximum absolute atomic E-state index is 12.7. The van der Waals surface area contributed by atoms with Crippen LogP contribution in [0, 0.1) is 0 Å². The maximum Gasteiger partial charge on any atom is 0.255 e. The highest BCUT2D eigenvalue weighted by Gasteiger charge is 2.22. The van der Waals surface area contributed by atoms with Crippen molar-refractivity contribution in [2.75, 3.05) is 26.1 Å². The molecule has 3 aromatic rings. The van der Waals surface area contributed by atoms with Crippen LogP contribution < -0.4 is 14.8 Å². The zero-order valence-electron chi connectivity index (χ0n) is 17.7. The summed E-state index contributed by atoms with van der Waals surface area (Å²) in [6.45, 7) is 2.84. The number of benzene rings is 2. The van der Waals surface area contributed by atoms with Crippen LogP contribution in [0.25, 0.3) is 11.3 Å². The van der Waals surface area contributed by atoms with Gasteiger partial charge in [0, 0.05) is 54.9 Å². The highest BCUT2D eigenvalue weighted by Crippen LogP contribution is 2.30. The number of furan rings is 1. The Morgan fingerprint density at radius 1 is 1.00 bits per heavy atom. The molecule has 7 heteroatoms. The first-order valence-corrected chi connectivity index (χ1v) is 9.99. The Hall–Kier alpha value is -3.74. The van der Waals surface area contributed by atoms with Crippen LogP contribution in [-0.4, -0.2) is 37.5 Å². The Kier molecular flexibility index (Phi) is 5.66. The smallest absolute Gasteiger partial charge is 0.255 e. The Morgan fingerprint density at radius 2 is 1.68 bits per heavy atom. The number of anilines is 1. The van der Waals surface area contributed by atoms with E-state index in [1.165, 1.54) is 0 Å². The Bertz CT molecular complexity index is 1100. The number of rotatable bonds is 5. The number of fused-ring (bicyclic) bond motifs is 1. The lowest BCUT2D eigenvalue weighted by Gasteiger charge is -2.24. The molecule has 31 heavy (non-hydrogen) atoms. The Balaban J connectivity index is 1.48. The molecule has 1 aliphatic heterocycles. The van der Waals surface area contributed by atoms with Gasteiger partial charge in [-0.15, -0.1) is 0 Å². The molecular formula is C24H24N2O5. The van der Waals surface area contributed by atoms with Crippen molar-refractivity contribution >= 4 is 17.5 Å². The molecule has 2 aromatic carbocycles. The predicted molar refractivity (Wildman–Crippen MR) is 116 cm³/mol. The average molecular weight is 420 g/mol. The van der Waals surface area contributed by atoms with E-state index >= 15 is 0 Å². The van der Waals surface area contributed by atoms with Gasteiger partial charge in [-0.25, -0.2) is 0 Å². The van der Waals surface area contributed by atoms with E-state index in [0.29, 0.717) is 42.3 Å². The standard InChI is InChI=1S/C24H24N2O5/c1-15(27)26-9-8-22-18(14-26)12-23(31-22)16-4-6-19(7-5-16)25-24(28)17-10-20(29-2)13-21(11-17)30-3/h4-7,10-13H,8-9,14H2,1-3H3,(H,25,28). The van der Waals surface area contributed by atoms with Crippen LogP contribution >= 0.6 is 0 Å². The minimum atomic E-state index is -0.261. The third kappa shape index (κ3) is 4.40. The monoisotopic (exact) mass is 420 g/mol. The largest absolute Gasteiger partial charge is 0.497 e. The van der Waals surface area contributed by atoms with Crippen LogP contribution in [0.15, 0.2) is 52.9 Å². The summed E-state index contributed by atoms with van der Waals surface area (Å²) in [5.74, 6) is 2.59. The molecule has 0 bridgehead atoms. The van der Waals surface area contributed by atoms with Crippen molar-refractivity contribution in [2.45, 2.75) is 19.9 Å². The zero-order chi connectivity index (χ0) is 22.0. The average Bonchev–Trinajstić information content (AvgIpc) is 3.22. The molecule has 0 saturated carbocycles. The van der Waals surface area contributed by atoms with Crippen molar-refractivity contribution in [3.8, 4) is 22.8 Å². The number of nitrogens with zero attached hydrogens (tertiary/aromatic N) is 1. The van der Waals surface area contributed by atoms with Gasteiger partial charge in [0.25, 0.3) is 5.91 Å². The minimum Gasteiger partial charge on any atom is -0.497 e. The van der Waals surface area contributed by atoms with Crippen LogP contribution in [0.1, 0.15) is 28.6 Å². The molecule has 2 amide bonds. The molecule has 1 aliphatic rings. The van der Waals surface area contributed by atoms with Crippen molar-refractivity contribution in [3.05, 3.63) is 65.4 Å². The third-order valence-corrected chi connectivity index (χ3v) is 5.35. The second kappa shape index (κ2) is 8.55. The fraction of sp³-hybridized carbons (Fsp3) is 0.250. The van der Waals surface area contributed by atoms with Gasteiger partial charge in [0.15, 0.2) is 0 Å². The molecule has 7 nitrogen and oxygen atoms in total. The van der Waals surface area contributed by atoms with Crippen molar-refractivity contribution in [1.29, 1.82) is 0 Å². The van der Waals surface area contributed by atoms with Crippen LogP contribution in [0.2, 0.25) is 0 Å². The maximum atomic E-state index is 12.7. The quantitative estimate of drug-likeness (QED) is 0.672. The molecule has 1 N–H and O–H groups in total. The first kappa shape index (κ1) is 20.5. The summed E-state index contributed by atoms with van der Waals surface area (Å²) in [7, 11) is 3.08. The molecule has 1 aromatic heterocycles. The zero-order valence-corrected chi connectivity index (χ0v) is 17.7. The summed E-state index contributed by atoms with van der Waals surface area (Å²) in [5, 5.41) is 2.88. The number of nitrogens with one attached hydrogen (secondary N) is 1. The van der Waals surface area contributed by atoms with Crippen molar-refractivity contribution in [2.24, 2.45) is 0 Å². The van der Waals surface area contributed by atoms with Gasteiger partial charge in [-0.05, 0) is 42.5 Å². The lowest BCUT2D eigenvalue weighted by Crippen LogP contribution is -2.33. The molecule has 0 fully saturated rings. The van der Waals surface area contributed by atoms with E-state index in [4.69, 9.17) is 13.9 Å². The number of methoxy groups -OCH3 is 2. The van der Waals surface area contributed by atoms with E-state index in [9.17, 15) is 9.59 Å². The van der Waals surface area contributed by atoms with Crippen LogP contribution in [-0.2, 0) is 17.8 Å². The number of ether oxygens (including phenoxy) is 2. The molecule has 0 aliphatic carbocycles. The van der Waals surface area contributed by atoms with Crippen molar-refractivity contribution in [1.82, 2.24) is 4.90 Å². The summed E-state index contributed by atoms with van der Waals surface area (Å²) in [5.41, 5.74) is 3.05. The van der Waals surface area contributed by atoms with Crippen LogP contribution in [0.3, 0.4) is 0 Å². The molecule has 2 heterocycles. The van der Waals surface area contributed by atoms with E-state index in [0.717, 1.165) is 22.6 Å². The number of carbonyl (C=O) groups excluding carboxylic acids is 2. The summed E-state index contributed by atoms with van der Waals surface area (Å²) >= 11 is 0. The lowest BCUT2D eigenvalue weighted by molar-refractivity contribution is -0.129. The summed E-state index contributed by atoms with van der Waals surface area (Å²) < 4.78 is 16.5. The molecule has 160 valence electrons. The van der Waals surface area contributed by atoms with Gasteiger partial charge in [-0.3, -0.25) is 9.59 Å². The second-order valence-corrected chi connectivity index (χ2v) is 7.38. The van der Waals surface area contributed by atoms with Crippen molar-refractivity contribution < 1.29 is 23.5 Å². The molecule has 0 atom stereocenters. The van der Waals surface area contributed by atoms with Gasteiger partial charge in [-0.1, -0.05) is 0 Å². The molecule has 4 rings (SSSR count). The summed E-state index contributed by atoms with van der Waals surface area (Å²) in [4.78, 5) is 26.1. The molecule has 0 saturated heterocycles. The highest BCUT2D eigenvalue weighted by atomic mass is 16.5. The first-order chi connectivity index (χ1) is 15.0. The van der Waals surface area contributed by atoms with Gasteiger partial charge in [0.05, 0.1) is 14.2 Å². The predicted octanol–water partition coefficient (Wildman–Crippen LogP) is 4.12. The molecule has 0 radical (unpaired) electrons. The van der Waals surface area contributed by atoms with Gasteiger partial charge in [0.2, 0.25) is 5.91 Å². The second-order valence-electron chi connectivity index (χ2n) is 7.38. The van der Waals surface area contributed by atoms with E-state index in [1.807, 2.05) is 35.2 Å². The van der Waals surface area contributed by atoms with E-state index in [1.54, 1.807) is 39.3 Å². The van der Waals surface area contributed by atoms with Gasteiger partial charge in [-0.2, -0.15) is 0 Å². The van der Waals surface area contributed by atoms with Crippen molar-refractivity contribution in [3.63, 3.8) is 0 Å². The lowest BCUT2D eigenvalue weighted by atomic mass is 10.1. The fourth-order valence-corrected chi connectivity index (χ4v) is 3.60. The van der Waals surface area contributed by atoms with E-state index in [2.05, 4.69) is 5.32 Å². The summed E-state index contributed by atoms with van der Waals surface area (Å²) in [6, 6.07) is 14.5. The van der Waals surface area contributed by atoms with Gasteiger partial charge in [0.1, 0.15) is 23.0 Å². The van der Waals surface area contributed by atoms with E-state index < -0.39 is 0 Å². The number of amides is 2. The van der Waals surface area contributed by atoms with Crippen LogP contribution in [0.4, 0.5) is 5.69 Å². The highest BCUT2D eigenvalue weighted by molar-refractivity contribution is 6.04. The topological polar surface area (TPSA) is 81.0 Å². The molecule has 0 spiro atoms. The summed E-state index contributed by atoms with van der Waals surface area (Å²) in [6.07, 6.45) is 0.715. The minimum absolute atomic E-state index is 0.0714. The van der Waals surface area contributed by atoms with Gasteiger partial charge >= 0.3 is 0 Å². The number of hydrogen-bond donors (Lipinski definition) is 1. The Morgan fingerprint density at radius 3 is 2.29 bits per heavy atom. The SMILES string of the molecule is COc1cc(OC)cc(C(=O)Nc2ccc(-c3cc4c(o3)CCN(C(C)=O)C4)cc2)c1.